The first-order chi connectivity index (χ1) is 29.1. The lowest BCUT2D eigenvalue weighted by molar-refractivity contribution is -0.633. The number of furan rings is 1. The highest BCUT2D eigenvalue weighted by Crippen LogP contribution is 2.44. The Hall–Kier alpha value is -6.14. The minimum Gasteiger partial charge on any atom is -0.455 e. The zero-order valence-corrected chi connectivity index (χ0v) is 31.0. The molecule has 0 saturated carbocycles. The van der Waals surface area contributed by atoms with Gasteiger partial charge < -0.3 is 4.42 Å². The van der Waals surface area contributed by atoms with Crippen molar-refractivity contribution in [3.63, 3.8) is 0 Å². The Bertz CT molecular complexity index is 3190. The van der Waals surface area contributed by atoms with Gasteiger partial charge in [0.2, 0.25) is 0 Å². The molecule has 6 heteroatoms. The molecule has 9 rings (SSSR count). The van der Waals surface area contributed by atoms with E-state index < -0.39 is 37.1 Å². The van der Waals surface area contributed by atoms with E-state index in [1.165, 1.54) is 0 Å². The summed E-state index contributed by atoms with van der Waals surface area (Å²) >= 11 is 0. The number of hydrogen-bond donors (Lipinski definition) is 0. The van der Waals surface area contributed by atoms with Gasteiger partial charge in [-0.2, -0.15) is 4.57 Å². The van der Waals surface area contributed by atoms with E-state index >= 15 is 0 Å². The number of aryl methyl sites for hydroxylation is 4. The van der Waals surface area contributed by atoms with E-state index in [1.807, 2.05) is 82.3 Å². The first-order valence-corrected chi connectivity index (χ1v) is 18.0. The predicted octanol–water partition coefficient (Wildman–Crippen LogP) is 11.9. The molecule has 6 aromatic carbocycles. The number of imidazole rings is 1. The smallest absolute Gasteiger partial charge is 0.295 e. The molecule has 54 heavy (non-hydrogen) atoms. The molecule has 0 unspecified atom stereocenters. The minimum absolute atomic E-state index is 0.0658. The molecule has 0 atom stereocenters. The lowest BCUT2D eigenvalue weighted by Gasteiger charge is -2.21. The third kappa shape index (κ3) is 5.31. The Morgan fingerprint density at radius 3 is 2.07 bits per heavy atom. The molecule has 6 nitrogen and oxygen atoms in total. The van der Waals surface area contributed by atoms with Crippen LogP contribution in [0.3, 0.4) is 0 Å². The molecule has 0 amide bonds. The zero-order valence-electron chi connectivity index (χ0n) is 39.0. The summed E-state index contributed by atoms with van der Waals surface area (Å²) in [6, 6.07) is 35.9. The van der Waals surface area contributed by atoms with Crippen molar-refractivity contribution in [2.24, 2.45) is 7.05 Å². The van der Waals surface area contributed by atoms with Crippen LogP contribution >= 0.6 is 0 Å². The highest BCUT2D eigenvalue weighted by Gasteiger charge is 2.34. The molecule has 0 aliphatic rings. The van der Waals surface area contributed by atoms with Gasteiger partial charge in [0, 0.05) is 43.8 Å². The van der Waals surface area contributed by atoms with Gasteiger partial charge in [-0.1, -0.05) is 100 Å². The van der Waals surface area contributed by atoms with Gasteiger partial charge in [0.15, 0.2) is 16.9 Å². The van der Waals surface area contributed by atoms with Gasteiger partial charge in [-0.15, -0.1) is 0 Å². The maximum Gasteiger partial charge on any atom is 0.295 e. The summed E-state index contributed by atoms with van der Waals surface area (Å²) < 4.78 is 77.8. The van der Waals surface area contributed by atoms with E-state index in [1.54, 1.807) is 12.1 Å². The maximum absolute atomic E-state index is 9.72. The highest BCUT2D eigenvalue weighted by atomic mass is 16.3. The van der Waals surface area contributed by atoms with Gasteiger partial charge in [0.05, 0.1) is 12.6 Å². The van der Waals surface area contributed by atoms with E-state index in [9.17, 15) is 2.74 Å². The fraction of sp³-hybridized carbons (Fsp3) is 0.208. The summed E-state index contributed by atoms with van der Waals surface area (Å²) in [5.74, 6) is -2.69. The van der Waals surface area contributed by atoms with E-state index in [2.05, 4.69) is 80.5 Å². The van der Waals surface area contributed by atoms with Crippen LogP contribution < -0.4 is 4.57 Å². The molecule has 266 valence electrons. The molecule has 0 saturated heterocycles. The van der Waals surface area contributed by atoms with Gasteiger partial charge in [-0.3, -0.25) is 0 Å². The summed E-state index contributed by atoms with van der Waals surface area (Å²) in [5, 5.41) is 4.10. The average Bonchev–Trinajstić information content (AvgIpc) is 3.74. The van der Waals surface area contributed by atoms with Crippen LogP contribution in [0.25, 0.3) is 83.3 Å². The Morgan fingerprint density at radius 2 is 1.37 bits per heavy atom. The molecule has 0 radical (unpaired) electrons. The number of para-hydroxylation sites is 2. The van der Waals surface area contributed by atoms with Crippen LogP contribution in [0.1, 0.15) is 78.8 Å². The second-order valence-corrected chi connectivity index (χ2v) is 14.4. The predicted molar refractivity (Wildman–Crippen MR) is 221 cm³/mol. The van der Waals surface area contributed by atoms with E-state index in [0.29, 0.717) is 16.7 Å². The molecule has 0 aliphatic carbocycles. The van der Waals surface area contributed by atoms with Crippen molar-refractivity contribution >= 4 is 43.7 Å². The topological polar surface area (TPSA) is 60.6 Å². The molecular weight excluding hydrogens is 663 g/mol. The third-order valence-electron chi connectivity index (χ3n) is 10.5. The van der Waals surface area contributed by atoms with Crippen molar-refractivity contribution < 1.29 is 20.0 Å². The standard InChI is InChI=1S/C48H44N5O/c1-27(2)38-25-35(32-18-20-34(21-19-32)47-50-30(6)49-31(7)51-47)26-39(28(3)4)45(38)53-41-16-12-11-15-40(41)52(8)48(53)43-29(5)17-24-42-44(43)37-23-22-33-13-9-10-14-36(33)46(37)54-42/h9-28H,1-8H3/q+1/i6D3,7D3,27D,28D. The Morgan fingerprint density at radius 1 is 0.704 bits per heavy atom. The van der Waals surface area contributed by atoms with E-state index in [4.69, 9.17) is 12.6 Å². The third-order valence-corrected chi connectivity index (χ3v) is 10.5. The summed E-state index contributed by atoms with van der Waals surface area (Å²) in [6.07, 6.45) is 0. The number of benzene rings is 6. The van der Waals surface area contributed by atoms with Gasteiger partial charge in [0.1, 0.15) is 28.5 Å². The molecule has 9 aromatic rings. The highest BCUT2D eigenvalue weighted by molar-refractivity contribution is 6.19. The zero-order chi connectivity index (χ0) is 44.3. The van der Waals surface area contributed by atoms with Gasteiger partial charge in [-0.05, 0) is 90.9 Å². The second-order valence-electron chi connectivity index (χ2n) is 14.4. The van der Waals surface area contributed by atoms with Crippen molar-refractivity contribution in [1.29, 1.82) is 0 Å². The number of aromatic nitrogens is 5. The first kappa shape index (κ1) is 25.8. The first-order valence-electron chi connectivity index (χ1n) is 22.0. The molecule has 0 N–H and O–H groups in total. The Labute approximate surface area is 327 Å². The fourth-order valence-electron chi connectivity index (χ4n) is 7.93. The molecule has 0 aliphatic heterocycles. The largest absolute Gasteiger partial charge is 0.455 e. The van der Waals surface area contributed by atoms with Crippen molar-refractivity contribution in [3.05, 3.63) is 138 Å². The van der Waals surface area contributed by atoms with Crippen LogP contribution in [0.2, 0.25) is 0 Å². The lowest BCUT2D eigenvalue weighted by Crippen LogP contribution is -2.30. The average molecular weight is 715 g/mol. The van der Waals surface area contributed by atoms with Crippen molar-refractivity contribution in [2.75, 3.05) is 0 Å². The normalized spacial score (nSPS) is 15.1. The monoisotopic (exact) mass is 714 g/mol. The minimum atomic E-state index is -2.74. The molecule has 0 bridgehead atoms. The van der Waals surface area contributed by atoms with Crippen LogP contribution in [0.4, 0.5) is 0 Å². The number of nitrogens with zero attached hydrogens (tertiary/aromatic N) is 5. The van der Waals surface area contributed by atoms with E-state index in [-0.39, 0.29) is 5.82 Å². The second kappa shape index (κ2) is 12.8. The fourth-order valence-corrected chi connectivity index (χ4v) is 7.93. The van der Waals surface area contributed by atoms with Gasteiger partial charge in [-0.25, -0.2) is 19.5 Å². The molecule has 0 fully saturated rings. The van der Waals surface area contributed by atoms with Crippen LogP contribution in [0, 0.1) is 20.6 Å². The van der Waals surface area contributed by atoms with Gasteiger partial charge >= 0.3 is 0 Å². The summed E-state index contributed by atoms with van der Waals surface area (Å²) in [7, 11) is 2.06. The Kier molecular flexibility index (Phi) is 6.09. The molecule has 3 heterocycles. The van der Waals surface area contributed by atoms with Crippen LogP contribution in [-0.2, 0) is 7.05 Å². The molecular formula is C48H44N5O+. The molecule has 0 spiro atoms. The summed E-state index contributed by atoms with van der Waals surface area (Å²) in [6.45, 7) is 4.06. The Balaban J connectivity index is 1.30. The SMILES string of the molecule is [2H]C([2H])([2H])c1nc(-c2ccc(-c3cc(C([2H])(C)C)c(-n4c(-c5c(C)ccc6oc7c8ccccc8ccc7c56)[n+](C)c5ccccc54)c(C([2H])(C)C)c3)cc2)nc(C([2H])([2H])[2H])n1. The maximum atomic E-state index is 9.72. The summed E-state index contributed by atoms with van der Waals surface area (Å²) in [5.41, 5.74) is 9.57. The number of fused-ring (bicyclic) bond motifs is 6. The van der Waals surface area contributed by atoms with Crippen molar-refractivity contribution in [2.45, 2.75) is 60.1 Å². The van der Waals surface area contributed by atoms with Crippen LogP contribution in [-0.4, -0.2) is 19.5 Å². The number of hydrogen-bond acceptors (Lipinski definition) is 4. The lowest BCUT2D eigenvalue weighted by atomic mass is 9.87. The van der Waals surface area contributed by atoms with Crippen LogP contribution in [0.5, 0.6) is 0 Å². The van der Waals surface area contributed by atoms with Crippen LogP contribution in [0.15, 0.2) is 114 Å². The van der Waals surface area contributed by atoms with Gasteiger partial charge in [0.25, 0.3) is 5.82 Å². The quantitative estimate of drug-likeness (QED) is 0.161. The molecule has 3 aromatic heterocycles. The number of rotatable bonds is 6. The van der Waals surface area contributed by atoms with Crippen molar-refractivity contribution in [1.82, 2.24) is 19.5 Å². The van der Waals surface area contributed by atoms with E-state index in [0.717, 1.165) is 77.5 Å². The summed E-state index contributed by atoms with van der Waals surface area (Å²) in [4.78, 5) is 12.1. The van der Waals surface area contributed by atoms with Crippen molar-refractivity contribution in [3.8, 4) is 39.6 Å².